The van der Waals surface area contributed by atoms with Gasteiger partial charge in [-0.3, -0.25) is 9.59 Å². The molecule has 0 radical (unpaired) electrons. The van der Waals surface area contributed by atoms with Crippen molar-refractivity contribution in [2.75, 3.05) is 30.7 Å². The Morgan fingerprint density at radius 2 is 1.95 bits per heavy atom. The highest BCUT2D eigenvalue weighted by Gasteiger charge is 2.10. The van der Waals surface area contributed by atoms with Gasteiger partial charge < -0.3 is 21.7 Å². The van der Waals surface area contributed by atoms with E-state index < -0.39 is 0 Å². The van der Waals surface area contributed by atoms with E-state index in [1.165, 1.54) is 6.92 Å². The number of carbonyl (C=O) groups is 2. The van der Waals surface area contributed by atoms with E-state index in [9.17, 15) is 9.59 Å². The molecule has 0 spiro atoms. The van der Waals surface area contributed by atoms with Crippen molar-refractivity contribution in [3.63, 3.8) is 0 Å². The lowest BCUT2D eigenvalue weighted by Crippen LogP contribution is -2.28. The van der Waals surface area contributed by atoms with Crippen molar-refractivity contribution in [2.24, 2.45) is 0 Å². The highest BCUT2D eigenvalue weighted by molar-refractivity contribution is 6.00. The third-order valence-corrected chi connectivity index (χ3v) is 2.44. The van der Waals surface area contributed by atoms with Gasteiger partial charge in [-0.1, -0.05) is 0 Å². The smallest absolute Gasteiger partial charge is 0.253 e. The molecule has 0 unspecified atom stereocenters. The van der Waals surface area contributed by atoms with E-state index in [4.69, 9.17) is 5.73 Å². The molecule has 104 valence electrons. The molecular weight excluding hydrogens is 244 g/mol. The van der Waals surface area contributed by atoms with Crippen molar-refractivity contribution in [1.29, 1.82) is 0 Å². The van der Waals surface area contributed by atoms with E-state index >= 15 is 0 Å². The number of benzene rings is 1. The number of anilines is 2. The Morgan fingerprint density at radius 3 is 2.58 bits per heavy atom. The Labute approximate surface area is 112 Å². The first kappa shape index (κ1) is 14.8. The molecule has 0 aromatic heterocycles. The zero-order valence-corrected chi connectivity index (χ0v) is 11.2. The molecule has 0 saturated carbocycles. The lowest BCUT2D eigenvalue weighted by molar-refractivity contribution is -0.118. The van der Waals surface area contributed by atoms with Crippen LogP contribution in [0.2, 0.25) is 0 Å². The van der Waals surface area contributed by atoms with E-state index in [1.54, 1.807) is 18.2 Å². The average molecular weight is 264 g/mol. The minimum Gasteiger partial charge on any atom is -0.399 e. The van der Waals surface area contributed by atoms with Crippen LogP contribution in [0.3, 0.4) is 0 Å². The van der Waals surface area contributed by atoms with Gasteiger partial charge in [-0.05, 0) is 25.1 Å². The van der Waals surface area contributed by atoms with E-state index in [2.05, 4.69) is 16.0 Å². The van der Waals surface area contributed by atoms with Crippen LogP contribution >= 0.6 is 0 Å². The van der Waals surface area contributed by atoms with Gasteiger partial charge in [0.25, 0.3) is 5.91 Å². The summed E-state index contributed by atoms with van der Waals surface area (Å²) < 4.78 is 0. The third kappa shape index (κ3) is 4.87. The molecule has 0 heterocycles. The molecule has 0 saturated heterocycles. The minimum absolute atomic E-state index is 0.0849. The van der Waals surface area contributed by atoms with Crippen molar-refractivity contribution in [1.82, 2.24) is 10.6 Å². The first-order valence-corrected chi connectivity index (χ1v) is 6.20. The summed E-state index contributed by atoms with van der Waals surface area (Å²) in [6.07, 6.45) is 0. The molecule has 1 aromatic rings. The molecule has 0 aliphatic heterocycles. The third-order valence-electron chi connectivity index (χ3n) is 2.44. The molecule has 0 aliphatic rings. The van der Waals surface area contributed by atoms with Crippen molar-refractivity contribution in [3.05, 3.63) is 23.8 Å². The topological polar surface area (TPSA) is 96.2 Å². The van der Waals surface area contributed by atoms with Crippen LogP contribution in [-0.4, -0.2) is 31.4 Å². The van der Waals surface area contributed by atoms with Crippen LogP contribution in [0.25, 0.3) is 0 Å². The van der Waals surface area contributed by atoms with Gasteiger partial charge in [0.1, 0.15) is 0 Å². The van der Waals surface area contributed by atoms with Crippen molar-refractivity contribution in [3.8, 4) is 0 Å². The fraction of sp³-hybridized carbons (Fsp3) is 0.385. The Kier molecular flexibility index (Phi) is 5.66. The van der Waals surface area contributed by atoms with Crippen LogP contribution in [-0.2, 0) is 4.79 Å². The van der Waals surface area contributed by atoms with Crippen molar-refractivity contribution in [2.45, 2.75) is 13.8 Å². The number of nitrogen functional groups attached to an aromatic ring is 1. The van der Waals surface area contributed by atoms with Crippen LogP contribution in [0.1, 0.15) is 24.2 Å². The Balaban J connectivity index is 2.71. The van der Waals surface area contributed by atoms with E-state index in [-0.39, 0.29) is 11.8 Å². The molecule has 5 N–H and O–H groups in total. The first-order chi connectivity index (χ1) is 9.04. The Hall–Kier alpha value is -2.24. The summed E-state index contributed by atoms with van der Waals surface area (Å²) in [7, 11) is 0. The molecule has 1 aromatic carbocycles. The molecular formula is C13H20N4O2. The van der Waals surface area contributed by atoms with Gasteiger partial charge in [-0.25, -0.2) is 0 Å². The van der Waals surface area contributed by atoms with Crippen LogP contribution in [0.4, 0.5) is 11.4 Å². The average Bonchev–Trinajstić information content (AvgIpc) is 2.34. The summed E-state index contributed by atoms with van der Waals surface area (Å²) in [6.45, 7) is 4.89. The Morgan fingerprint density at radius 1 is 1.21 bits per heavy atom. The van der Waals surface area contributed by atoms with Crippen molar-refractivity contribution < 1.29 is 9.59 Å². The number of nitrogens with two attached hydrogens (primary N) is 1. The van der Waals surface area contributed by atoms with Gasteiger partial charge in [-0.15, -0.1) is 0 Å². The number of hydrogen-bond donors (Lipinski definition) is 4. The zero-order valence-electron chi connectivity index (χ0n) is 11.2. The molecule has 6 nitrogen and oxygen atoms in total. The molecule has 0 aliphatic carbocycles. The van der Waals surface area contributed by atoms with Gasteiger partial charge in [0, 0.05) is 37.9 Å². The summed E-state index contributed by atoms with van der Waals surface area (Å²) in [5.41, 5.74) is 7.50. The number of hydrogen-bond acceptors (Lipinski definition) is 4. The second-order valence-electron chi connectivity index (χ2n) is 4.07. The maximum Gasteiger partial charge on any atom is 0.253 e. The summed E-state index contributed by atoms with van der Waals surface area (Å²) in [5.74, 6) is -0.233. The van der Waals surface area contributed by atoms with Gasteiger partial charge in [0.05, 0.1) is 5.56 Å². The molecule has 0 fully saturated rings. The normalized spacial score (nSPS) is 9.79. The van der Waals surface area contributed by atoms with Crippen LogP contribution in [0.5, 0.6) is 0 Å². The van der Waals surface area contributed by atoms with Crippen molar-refractivity contribution >= 4 is 23.2 Å². The highest BCUT2D eigenvalue weighted by Crippen LogP contribution is 2.18. The number of nitrogens with one attached hydrogen (secondary N) is 3. The second-order valence-corrected chi connectivity index (χ2v) is 4.07. The largest absolute Gasteiger partial charge is 0.399 e. The maximum absolute atomic E-state index is 11.9. The lowest BCUT2D eigenvalue weighted by Gasteiger charge is -2.12. The standard InChI is InChI=1S/C13H20N4O2/c1-3-15-13(19)11-5-4-10(14)8-12(11)17-7-6-16-9(2)18/h4-5,8,17H,3,6-7,14H2,1-2H3,(H,15,19)(H,16,18). The van der Waals surface area contributed by atoms with E-state index in [0.29, 0.717) is 36.6 Å². The summed E-state index contributed by atoms with van der Waals surface area (Å²) in [6, 6.07) is 5.07. The summed E-state index contributed by atoms with van der Waals surface area (Å²) >= 11 is 0. The Bertz CT molecular complexity index is 460. The first-order valence-electron chi connectivity index (χ1n) is 6.20. The summed E-state index contributed by atoms with van der Waals surface area (Å²) in [5, 5.41) is 8.51. The van der Waals surface area contributed by atoms with E-state index in [1.807, 2.05) is 6.92 Å². The van der Waals surface area contributed by atoms with Crippen LogP contribution in [0, 0.1) is 0 Å². The number of rotatable bonds is 6. The molecule has 2 amide bonds. The SMILES string of the molecule is CCNC(=O)c1ccc(N)cc1NCCNC(C)=O. The summed E-state index contributed by atoms with van der Waals surface area (Å²) in [4.78, 5) is 22.6. The molecule has 1 rings (SSSR count). The predicted octanol–water partition coefficient (Wildman–Crippen LogP) is 0.566. The van der Waals surface area contributed by atoms with E-state index in [0.717, 1.165) is 0 Å². The highest BCUT2D eigenvalue weighted by atomic mass is 16.2. The molecule has 0 bridgehead atoms. The van der Waals surface area contributed by atoms with Crippen LogP contribution < -0.4 is 21.7 Å². The number of carbonyl (C=O) groups excluding carboxylic acids is 2. The van der Waals surface area contributed by atoms with Gasteiger partial charge >= 0.3 is 0 Å². The monoisotopic (exact) mass is 264 g/mol. The minimum atomic E-state index is -0.149. The molecule has 19 heavy (non-hydrogen) atoms. The quantitative estimate of drug-likeness (QED) is 0.446. The van der Waals surface area contributed by atoms with Gasteiger partial charge in [-0.2, -0.15) is 0 Å². The second kappa shape index (κ2) is 7.25. The van der Waals surface area contributed by atoms with Crippen LogP contribution in [0.15, 0.2) is 18.2 Å². The number of amides is 2. The maximum atomic E-state index is 11.9. The molecule has 6 heteroatoms. The predicted molar refractivity (Wildman–Crippen MR) is 76.0 cm³/mol. The fourth-order valence-electron chi connectivity index (χ4n) is 1.60. The van der Waals surface area contributed by atoms with Gasteiger partial charge in [0.15, 0.2) is 0 Å². The fourth-order valence-corrected chi connectivity index (χ4v) is 1.60. The lowest BCUT2D eigenvalue weighted by atomic mass is 10.1. The zero-order chi connectivity index (χ0) is 14.3. The molecule has 0 atom stereocenters. The van der Waals surface area contributed by atoms with Gasteiger partial charge in [0.2, 0.25) is 5.91 Å².